The molecule has 2 aromatic carbocycles. The molecule has 1 N–H and O–H groups in total. The van der Waals surface area contributed by atoms with Crippen LogP contribution in [0.25, 0.3) is 11.0 Å². The Morgan fingerprint density at radius 1 is 1.21 bits per heavy atom. The van der Waals surface area contributed by atoms with Crippen LogP contribution in [-0.4, -0.2) is 26.3 Å². The van der Waals surface area contributed by atoms with Crippen molar-refractivity contribution in [2.75, 3.05) is 5.32 Å². The second-order valence-electron chi connectivity index (χ2n) is 9.33. The van der Waals surface area contributed by atoms with E-state index < -0.39 is 5.63 Å². The van der Waals surface area contributed by atoms with E-state index in [4.69, 9.17) is 9.15 Å². The summed E-state index contributed by atoms with van der Waals surface area (Å²) in [6, 6.07) is 11.3. The van der Waals surface area contributed by atoms with Gasteiger partial charge in [-0.15, -0.1) is 0 Å². The number of hydrogen-bond acceptors (Lipinski definition) is 6. The molecule has 0 bridgehead atoms. The molecule has 1 aliphatic heterocycles. The fourth-order valence-corrected chi connectivity index (χ4v) is 4.30. The zero-order valence-corrected chi connectivity index (χ0v) is 19.4. The van der Waals surface area contributed by atoms with Crippen molar-refractivity contribution in [3.8, 4) is 5.75 Å². The van der Waals surface area contributed by atoms with Gasteiger partial charge in [0, 0.05) is 17.1 Å². The minimum absolute atomic E-state index is 0.0641. The molecule has 0 saturated carbocycles. The Morgan fingerprint density at radius 2 is 2.00 bits per heavy atom. The molecule has 0 spiro atoms. The molecule has 3 heterocycles. The van der Waals surface area contributed by atoms with Crippen molar-refractivity contribution in [3.63, 3.8) is 0 Å². The molecule has 8 nitrogen and oxygen atoms in total. The van der Waals surface area contributed by atoms with E-state index >= 15 is 0 Å². The average Bonchev–Trinajstić information content (AvgIpc) is 3.29. The zero-order chi connectivity index (χ0) is 23.9. The molecule has 8 heteroatoms. The van der Waals surface area contributed by atoms with Crippen molar-refractivity contribution < 1.29 is 13.9 Å². The number of nitrogens with zero attached hydrogens (tertiary/aromatic N) is 3. The van der Waals surface area contributed by atoms with Crippen molar-refractivity contribution in [2.45, 2.75) is 52.2 Å². The first-order valence-corrected chi connectivity index (χ1v) is 11.3. The number of aryl methyl sites for hydroxylation is 2. The van der Waals surface area contributed by atoms with Crippen LogP contribution in [0.1, 0.15) is 42.5 Å². The SMILES string of the molecule is Cc1c(CC(=O)Nc2ccc(Cn3cncn3)cc2)c(=O)oc2cc3c(cc12)CCC(C)(C)O3. The van der Waals surface area contributed by atoms with E-state index in [2.05, 4.69) is 15.4 Å². The number of ether oxygens (including phenoxy) is 1. The fourth-order valence-electron chi connectivity index (χ4n) is 4.30. The maximum Gasteiger partial charge on any atom is 0.340 e. The van der Waals surface area contributed by atoms with Gasteiger partial charge in [-0.3, -0.25) is 4.79 Å². The number of benzene rings is 2. The smallest absolute Gasteiger partial charge is 0.340 e. The van der Waals surface area contributed by atoms with E-state index in [0.29, 0.717) is 23.4 Å². The molecule has 174 valence electrons. The first kappa shape index (κ1) is 21.9. The Labute approximate surface area is 196 Å². The summed E-state index contributed by atoms with van der Waals surface area (Å²) in [4.78, 5) is 29.4. The van der Waals surface area contributed by atoms with Crippen LogP contribution in [0.15, 0.2) is 58.3 Å². The number of aromatic nitrogens is 3. The Hall–Kier alpha value is -3.94. The predicted octanol–water partition coefficient (Wildman–Crippen LogP) is 4.03. The molecule has 1 amide bonds. The highest BCUT2D eigenvalue weighted by molar-refractivity contribution is 5.93. The quantitative estimate of drug-likeness (QED) is 0.454. The van der Waals surface area contributed by atoms with Crippen LogP contribution < -0.4 is 15.7 Å². The Bertz CT molecular complexity index is 1420. The molecular weight excluding hydrogens is 432 g/mol. The second kappa shape index (κ2) is 8.44. The molecule has 0 aliphatic carbocycles. The van der Waals surface area contributed by atoms with Gasteiger partial charge in [0.15, 0.2) is 0 Å². The highest BCUT2D eigenvalue weighted by Gasteiger charge is 2.27. The summed E-state index contributed by atoms with van der Waals surface area (Å²) in [5.74, 6) is 0.478. The van der Waals surface area contributed by atoms with Gasteiger partial charge in [-0.2, -0.15) is 5.10 Å². The lowest BCUT2D eigenvalue weighted by Crippen LogP contribution is -2.32. The van der Waals surface area contributed by atoms with Gasteiger partial charge < -0.3 is 14.5 Å². The van der Waals surface area contributed by atoms with Gasteiger partial charge in [0.25, 0.3) is 0 Å². The van der Waals surface area contributed by atoms with E-state index in [1.165, 1.54) is 6.33 Å². The molecule has 2 aromatic heterocycles. The number of hydrogen-bond donors (Lipinski definition) is 1. The lowest BCUT2D eigenvalue weighted by molar-refractivity contribution is -0.115. The number of rotatable bonds is 5. The van der Waals surface area contributed by atoms with Crippen LogP contribution in [0, 0.1) is 6.92 Å². The molecule has 4 aromatic rings. The van der Waals surface area contributed by atoms with E-state index in [1.807, 2.05) is 51.1 Å². The summed E-state index contributed by atoms with van der Waals surface area (Å²) >= 11 is 0. The summed E-state index contributed by atoms with van der Waals surface area (Å²) < 4.78 is 13.4. The Kier molecular flexibility index (Phi) is 5.43. The van der Waals surface area contributed by atoms with Gasteiger partial charge in [0.2, 0.25) is 5.91 Å². The average molecular weight is 459 g/mol. The van der Waals surface area contributed by atoms with Crippen LogP contribution in [-0.2, 0) is 24.2 Å². The summed E-state index contributed by atoms with van der Waals surface area (Å²) in [5, 5.41) is 7.79. The highest BCUT2D eigenvalue weighted by atomic mass is 16.5. The van der Waals surface area contributed by atoms with Crippen molar-refractivity contribution in [1.82, 2.24) is 14.8 Å². The van der Waals surface area contributed by atoms with E-state index in [9.17, 15) is 9.59 Å². The van der Waals surface area contributed by atoms with Crippen LogP contribution in [0.2, 0.25) is 0 Å². The zero-order valence-electron chi connectivity index (χ0n) is 19.4. The number of carbonyl (C=O) groups is 1. The second-order valence-corrected chi connectivity index (χ2v) is 9.33. The van der Waals surface area contributed by atoms with E-state index in [-0.39, 0.29) is 17.9 Å². The largest absolute Gasteiger partial charge is 0.487 e. The summed E-state index contributed by atoms with van der Waals surface area (Å²) in [7, 11) is 0. The molecule has 5 rings (SSSR count). The Morgan fingerprint density at radius 3 is 2.74 bits per heavy atom. The molecule has 34 heavy (non-hydrogen) atoms. The summed E-state index contributed by atoms with van der Waals surface area (Å²) in [6.07, 6.45) is 4.87. The lowest BCUT2D eigenvalue weighted by atomic mass is 9.92. The Balaban J connectivity index is 1.34. The topological polar surface area (TPSA) is 99.2 Å². The van der Waals surface area contributed by atoms with Gasteiger partial charge in [-0.05, 0) is 68.5 Å². The summed E-state index contributed by atoms with van der Waals surface area (Å²) in [6.45, 7) is 6.56. The number of fused-ring (bicyclic) bond motifs is 2. The molecule has 0 atom stereocenters. The molecule has 0 unspecified atom stereocenters. The first-order chi connectivity index (χ1) is 16.3. The van der Waals surface area contributed by atoms with Gasteiger partial charge in [-0.1, -0.05) is 12.1 Å². The molecule has 1 aliphatic rings. The highest BCUT2D eigenvalue weighted by Crippen LogP contribution is 2.36. The number of nitrogens with one attached hydrogen (secondary N) is 1. The number of anilines is 1. The van der Waals surface area contributed by atoms with Crippen LogP contribution in [0.4, 0.5) is 5.69 Å². The fraction of sp³-hybridized carbons (Fsp3) is 0.308. The van der Waals surface area contributed by atoms with E-state index in [0.717, 1.165) is 40.7 Å². The molecule has 0 saturated heterocycles. The minimum Gasteiger partial charge on any atom is -0.487 e. The molecule has 0 fully saturated rings. The van der Waals surface area contributed by atoms with Gasteiger partial charge in [-0.25, -0.2) is 14.5 Å². The number of amides is 1. The molecule has 0 radical (unpaired) electrons. The maximum atomic E-state index is 12.7. The maximum absolute atomic E-state index is 12.7. The minimum atomic E-state index is -0.502. The van der Waals surface area contributed by atoms with Crippen molar-refractivity contribution >= 4 is 22.6 Å². The standard InChI is InChI=1S/C26H26N4O4/c1-16-20-10-18-8-9-26(2,3)34-22(18)12-23(20)33-25(32)21(16)11-24(31)29-19-6-4-17(5-7-19)13-30-15-27-14-28-30/h4-7,10,12,14-15H,8-9,11,13H2,1-3H3,(H,29,31). The van der Waals surface area contributed by atoms with E-state index in [1.54, 1.807) is 17.1 Å². The van der Waals surface area contributed by atoms with Gasteiger partial charge >= 0.3 is 5.63 Å². The molecular formula is C26H26N4O4. The normalized spacial score (nSPS) is 14.4. The lowest BCUT2D eigenvalue weighted by Gasteiger charge is -2.32. The van der Waals surface area contributed by atoms with Crippen LogP contribution in [0.3, 0.4) is 0 Å². The first-order valence-electron chi connectivity index (χ1n) is 11.3. The monoisotopic (exact) mass is 458 g/mol. The van der Waals surface area contributed by atoms with Crippen LogP contribution >= 0.6 is 0 Å². The third kappa shape index (κ3) is 4.44. The third-order valence-corrected chi connectivity index (χ3v) is 6.24. The third-order valence-electron chi connectivity index (χ3n) is 6.24. The van der Waals surface area contributed by atoms with Gasteiger partial charge in [0.1, 0.15) is 29.6 Å². The predicted molar refractivity (Wildman–Crippen MR) is 128 cm³/mol. The van der Waals surface area contributed by atoms with Crippen LogP contribution in [0.5, 0.6) is 5.75 Å². The van der Waals surface area contributed by atoms with Crippen molar-refractivity contribution in [2.24, 2.45) is 0 Å². The van der Waals surface area contributed by atoms with Crippen molar-refractivity contribution in [1.29, 1.82) is 0 Å². The number of carbonyl (C=O) groups excluding carboxylic acids is 1. The van der Waals surface area contributed by atoms with Gasteiger partial charge in [0.05, 0.1) is 18.5 Å². The summed E-state index contributed by atoms with van der Waals surface area (Å²) in [5.41, 5.74) is 3.63. The van der Waals surface area contributed by atoms with Crippen molar-refractivity contribution in [3.05, 3.63) is 81.7 Å².